The van der Waals surface area contributed by atoms with Crippen LogP contribution in [0, 0.1) is 0 Å². The topological polar surface area (TPSA) is 65.1 Å². The molecule has 0 aliphatic rings. The molecule has 9 heteroatoms. The minimum Gasteiger partial charge on any atom is -0.493 e. The summed E-state index contributed by atoms with van der Waals surface area (Å²) in [7, 11) is 4.72. The molecule has 2 aromatic rings. The van der Waals surface area contributed by atoms with Crippen LogP contribution in [0.5, 0.6) is 17.2 Å². The van der Waals surface area contributed by atoms with Gasteiger partial charge in [-0.2, -0.15) is 8.78 Å². The zero-order valence-electron chi connectivity index (χ0n) is 16.5. The number of ketones is 1. The monoisotopic (exact) mass is 483 g/mol. The van der Waals surface area contributed by atoms with Crippen molar-refractivity contribution in [2.24, 2.45) is 0 Å². The number of rotatable bonds is 9. The minimum absolute atomic E-state index is 0.0254. The van der Waals surface area contributed by atoms with Crippen molar-refractivity contribution in [3.8, 4) is 17.2 Å². The van der Waals surface area contributed by atoms with Gasteiger partial charge in [0.05, 0.1) is 11.6 Å². The number of carbonyl (C=O) groups is 2. The molecule has 0 radical (unpaired) electrons. The van der Waals surface area contributed by atoms with E-state index < -0.39 is 6.61 Å². The Balaban J connectivity index is 2.13. The Morgan fingerprint density at radius 3 is 2.40 bits per heavy atom. The van der Waals surface area contributed by atoms with Gasteiger partial charge < -0.3 is 19.1 Å². The Morgan fingerprint density at radius 1 is 1.17 bits per heavy atom. The first-order valence-corrected chi connectivity index (χ1v) is 9.48. The third kappa shape index (κ3) is 6.55. The lowest BCUT2D eigenvalue weighted by Crippen LogP contribution is -2.27. The maximum atomic E-state index is 12.3. The van der Waals surface area contributed by atoms with Crippen LogP contribution in [0.2, 0.25) is 0 Å². The van der Waals surface area contributed by atoms with Crippen LogP contribution in [0.1, 0.15) is 15.9 Å². The number of hydrogen-bond acceptors (Lipinski definition) is 5. The molecule has 0 atom stereocenters. The molecule has 2 aromatic carbocycles. The normalized spacial score (nSPS) is 10.9. The van der Waals surface area contributed by atoms with Crippen molar-refractivity contribution in [3.05, 3.63) is 58.1 Å². The van der Waals surface area contributed by atoms with Crippen molar-refractivity contribution < 1.29 is 32.6 Å². The summed E-state index contributed by atoms with van der Waals surface area (Å²) in [5.41, 5.74) is 0.970. The molecule has 1 amide bonds. The SMILES string of the molecule is COc1cc(C=CC(=O)c2ccc(OC(F)F)cc2)cc(Br)c1OCC(=O)N(C)C. The number of halogens is 3. The largest absolute Gasteiger partial charge is 0.493 e. The van der Waals surface area contributed by atoms with Crippen molar-refractivity contribution >= 4 is 33.7 Å². The Bertz CT molecular complexity index is 930. The number of carbonyl (C=O) groups excluding carboxylic acids is 2. The van der Waals surface area contributed by atoms with Crippen molar-refractivity contribution in [1.82, 2.24) is 4.90 Å². The molecule has 0 saturated carbocycles. The molecule has 0 bridgehead atoms. The van der Waals surface area contributed by atoms with Crippen molar-refractivity contribution in [2.45, 2.75) is 6.61 Å². The van der Waals surface area contributed by atoms with Crippen LogP contribution >= 0.6 is 15.9 Å². The highest BCUT2D eigenvalue weighted by Crippen LogP contribution is 2.37. The predicted octanol–water partition coefficient (Wildman–Crippen LogP) is 4.42. The van der Waals surface area contributed by atoms with E-state index in [2.05, 4.69) is 20.7 Å². The molecule has 0 aliphatic heterocycles. The maximum Gasteiger partial charge on any atom is 0.387 e. The number of allylic oxidation sites excluding steroid dienone is 1. The number of benzene rings is 2. The highest BCUT2D eigenvalue weighted by atomic mass is 79.9. The minimum atomic E-state index is -2.92. The lowest BCUT2D eigenvalue weighted by atomic mass is 10.1. The van der Waals surface area contributed by atoms with Crippen LogP contribution < -0.4 is 14.2 Å². The van der Waals surface area contributed by atoms with Gasteiger partial charge in [0.25, 0.3) is 5.91 Å². The van der Waals surface area contributed by atoms with Gasteiger partial charge in [-0.15, -0.1) is 0 Å². The first kappa shape index (κ1) is 23.3. The molecular weight excluding hydrogens is 464 g/mol. The molecule has 0 N–H and O–H groups in total. The second-order valence-corrected chi connectivity index (χ2v) is 7.07. The second-order valence-electron chi connectivity index (χ2n) is 6.21. The van der Waals surface area contributed by atoms with Crippen LogP contribution in [0.4, 0.5) is 8.78 Å². The molecule has 0 aliphatic carbocycles. The molecular formula is C21H20BrF2NO5. The molecule has 30 heavy (non-hydrogen) atoms. The molecule has 0 fully saturated rings. The first-order chi connectivity index (χ1) is 14.2. The van der Waals surface area contributed by atoms with Crippen molar-refractivity contribution in [1.29, 1.82) is 0 Å². The molecule has 0 aromatic heterocycles. The quantitative estimate of drug-likeness (QED) is 0.390. The summed E-state index contributed by atoms with van der Waals surface area (Å²) >= 11 is 3.38. The van der Waals surface area contributed by atoms with Crippen molar-refractivity contribution in [3.63, 3.8) is 0 Å². The van der Waals surface area contributed by atoms with Crippen LogP contribution in [-0.2, 0) is 4.79 Å². The number of alkyl halides is 2. The summed E-state index contributed by atoms with van der Waals surface area (Å²) in [5, 5.41) is 0. The highest BCUT2D eigenvalue weighted by molar-refractivity contribution is 9.10. The van der Waals surface area contributed by atoms with E-state index in [9.17, 15) is 18.4 Å². The van der Waals surface area contributed by atoms with E-state index in [4.69, 9.17) is 9.47 Å². The number of amides is 1. The first-order valence-electron chi connectivity index (χ1n) is 8.69. The fraction of sp³-hybridized carbons (Fsp3) is 0.238. The van der Waals surface area contributed by atoms with Gasteiger partial charge >= 0.3 is 6.61 Å². The Labute approximate surface area is 181 Å². The average molecular weight is 484 g/mol. The standard InChI is InChI=1S/C21H20BrF2NO5/c1-25(2)19(27)12-29-20-16(22)10-13(11-18(20)28-3)4-9-17(26)14-5-7-15(8-6-14)30-21(23)24/h4-11,21H,12H2,1-3H3. The van der Waals surface area contributed by atoms with Gasteiger partial charge in [0.2, 0.25) is 0 Å². The molecule has 0 saturated heterocycles. The maximum absolute atomic E-state index is 12.3. The van der Waals surface area contributed by atoms with Gasteiger partial charge in [-0.3, -0.25) is 9.59 Å². The van der Waals surface area contributed by atoms with E-state index in [1.54, 1.807) is 32.3 Å². The third-order valence-electron chi connectivity index (χ3n) is 3.88. The van der Waals surface area contributed by atoms with E-state index in [1.807, 2.05) is 0 Å². The fourth-order valence-electron chi connectivity index (χ4n) is 2.31. The average Bonchev–Trinajstić information content (AvgIpc) is 2.70. The zero-order chi connectivity index (χ0) is 22.3. The van der Waals surface area contributed by atoms with Gasteiger partial charge in [0.1, 0.15) is 5.75 Å². The second kappa shape index (κ2) is 10.7. The smallest absolute Gasteiger partial charge is 0.387 e. The van der Waals surface area contributed by atoms with Gasteiger partial charge in [-0.05, 0) is 64.0 Å². The number of methoxy groups -OCH3 is 1. The Kier molecular flexibility index (Phi) is 8.35. The summed E-state index contributed by atoms with van der Waals surface area (Å²) in [4.78, 5) is 25.5. The summed E-state index contributed by atoms with van der Waals surface area (Å²) < 4.78 is 40.1. The molecule has 0 unspecified atom stereocenters. The molecule has 2 rings (SSSR count). The predicted molar refractivity (Wildman–Crippen MR) is 111 cm³/mol. The van der Waals surface area contributed by atoms with E-state index in [0.717, 1.165) is 0 Å². The van der Waals surface area contributed by atoms with Crippen LogP contribution in [0.3, 0.4) is 0 Å². The molecule has 0 heterocycles. The van der Waals surface area contributed by atoms with Gasteiger partial charge in [-0.25, -0.2) is 0 Å². The Morgan fingerprint density at radius 2 is 1.83 bits per heavy atom. The highest BCUT2D eigenvalue weighted by Gasteiger charge is 2.14. The van der Waals surface area contributed by atoms with Gasteiger partial charge in [0.15, 0.2) is 23.9 Å². The van der Waals surface area contributed by atoms with Gasteiger partial charge in [-0.1, -0.05) is 6.08 Å². The van der Waals surface area contributed by atoms with Crippen LogP contribution in [-0.4, -0.2) is 51.0 Å². The molecule has 6 nitrogen and oxygen atoms in total. The van der Waals surface area contributed by atoms with E-state index in [-0.39, 0.29) is 24.0 Å². The van der Waals surface area contributed by atoms with Crippen LogP contribution in [0.25, 0.3) is 6.08 Å². The summed E-state index contributed by atoms with van der Waals surface area (Å²) in [6, 6.07) is 8.77. The number of ether oxygens (including phenoxy) is 3. The van der Waals surface area contributed by atoms with E-state index in [1.165, 1.54) is 42.4 Å². The number of nitrogens with zero attached hydrogens (tertiary/aromatic N) is 1. The Hall–Kier alpha value is -2.94. The lowest BCUT2D eigenvalue weighted by molar-refractivity contribution is -0.130. The lowest BCUT2D eigenvalue weighted by Gasteiger charge is -2.15. The summed E-state index contributed by atoms with van der Waals surface area (Å²) in [5.74, 6) is 0.207. The van der Waals surface area contributed by atoms with Gasteiger partial charge in [0, 0.05) is 19.7 Å². The zero-order valence-corrected chi connectivity index (χ0v) is 18.1. The number of likely N-dealkylation sites (N-methyl/N-ethyl adjacent to an activating group) is 1. The number of hydrogen-bond donors (Lipinski definition) is 0. The van der Waals surface area contributed by atoms with Crippen molar-refractivity contribution in [2.75, 3.05) is 27.8 Å². The molecule has 160 valence electrons. The molecule has 0 spiro atoms. The fourth-order valence-corrected chi connectivity index (χ4v) is 2.88. The summed E-state index contributed by atoms with van der Waals surface area (Å²) in [6.07, 6.45) is 2.92. The third-order valence-corrected chi connectivity index (χ3v) is 4.47. The van der Waals surface area contributed by atoms with E-state index >= 15 is 0 Å². The van der Waals surface area contributed by atoms with Crippen LogP contribution in [0.15, 0.2) is 46.9 Å². The summed E-state index contributed by atoms with van der Waals surface area (Å²) in [6.45, 7) is -3.08. The van der Waals surface area contributed by atoms with E-state index in [0.29, 0.717) is 27.1 Å².